The average molecular weight is 358 g/mol. The highest BCUT2D eigenvalue weighted by Gasteiger charge is 2.51. The summed E-state index contributed by atoms with van der Waals surface area (Å²) in [6.07, 6.45) is 5.20. The Morgan fingerprint density at radius 2 is 1.22 bits per heavy atom. The van der Waals surface area contributed by atoms with Gasteiger partial charge in [-0.2, -0.15) is 0 Å². The van der Waals surface area contributed by atoms with Gasteiger partial charge in [0.15, 0.2) is 0 Å². The molecule has 5 heteroatoms. The molecule has 0 spiro atoms. The van der Waals surface area contributed by atoms with Crippen LogP contribution in [0.15, 0.2) is 67.3 Å². The van der Waals surface area contributed by atoms with Crippen LogP contribution in [0, 0.1) is 0 Å². The molecule has 1 fully saturated rings. The van der Waals surface area contributed by atoms with E-state index in [4.69, 9.17) is 9.31 Å². The van der Waals surface area contributed by atoms with E-state index < -0.39 is 0 Å². The second kappa shape index (κ2) is 6.59. The normalized spacial score (nSPS) is 17.9. The molecule has 1 aliphatic rings. The van der Waals surface area contributed by atoms with E-state index in [1.165, 1.54) is 0 Å². The largest absolute Gasteiger partial charge is 0.494 e. The molecule has 1 aliphatic heterocycles. The Morgan fingerprint density at radius 1 is 0.704 bits per heavy atom. The Morgan fingerprint density at radius 3 is 1.85 bits per heavy atom. The van der Waals surface area contributed by atoms with E-state index in [0.717, 1.165) is 27.7 Å². The van der Waals surface area contributed by atoms with Crippen LogP contribution in [0.4, 0.5) is 0 Å². The summed E-state index contributed by atoms with van der Waals surface area (Å²) < 4.78 is 12.4. The van der Waals surface area contributed by atoms with Crippen molar-refractivity contribution < 1.29 is 9.31 Å². The number of hydrogen-bond acceptors (Lipinski definition) is 4. The summed E-state index contributed by atoms with van der Waals surface area (Å²) in [4.78, 5) is 8.23. The smallest absolute Gasteiger partial charge is 0.399 e. The second-order valence-corrected chi connectivity index (χ2v) is 7.92. The lowest BCUT2D eigenvalue weighted by Gasteiger charge is -2.32. The SMILES string of the molecule is CC1(C)OB(c2cccc(-c3cccc(-c4cncnc4)c3)c2)OC1(C)C. The maximum Gasteiger partial charge on any atom is 0.494 e. The predicted octanol–water partition coefficient (Wildman–Crippen LogP) is 4.11. The lowest BCUT2D eigenvalue weighted by molar-refractivity contribution is 0.00578. The van der Waals surface area contributed by atoms with Gasteiger partial charge in [-0.05, 0) is 55.9 Å². The maximum absolute atomic E-state index is 6.20. The van der Waals surface area contributed by atoms with Crippen LogP contribution in [0.25, 0.3) is 22.3 Å². The van der Waals surface area contributed by atoms with Gasteiger partial charge in [-0.15, -0.1) is 0 Å². The molecule has 4 rings (SSSR count). The van der Waals surface area contributed by atoms with Crippen molar-refractivity contribution in [3.63, 3.8) is 0 Å². The molecular weight excluding hydrogens is 335 g/mol. The highest BCUT2D eigenvalue weighted by Crippen LogP contribution is 2.36. The van der Waals surface area contributed by atoms with Crippen molar-refractivity contribution in [3.05, 3.63) is 67.3 Å². The number of aromatic nitrogens is 2. The van der Waals surface area contributed by atoms with E-state index in [1.807, 2.05) is 18.5 Å². The number of rotatable bonds is 3. The van der Waals surface area contributed by atoms with E-state index in [-0.39, 0.29) is 18.3 Å². The fraction of sp³-hybridized carbons (Fsp3) is 0.273. The van der Waals surface area contributed by atoms with Crippen LogP contribution in [0.2, 0.25) is 0 Å². The first-order valence-electron chi connectivity index (χ1n) is 9.17. The first kappa shape index (κ1) is 17.9. The zero-order valence-electron chi connectivity index (χ0n) is 16.1. The van der Waals surface area contributed by atoms with Crippen molar-refractivity contribution in [1.29, 1.82) is 0 Å². The predicted molar refractivity (Wildman–Crippen MR) is 109 cm³/mol. The fourth-order valence-corrected chi connectivity index (χ4v) is 3.17. The van der Waals surface area contributed by atoms with E-state index in [1.54, 1.807) is 6.33 Å². The molecule has 3 aromatic rings. The zero-order chi connectivity index (χ0) is 19.1. The Hall–Kier alpha value is -2.50. The van der Waals surface area contributed by atoms with Crippen LogP contribution in [-0.4, -0.2) is 28.3 Å². The van der Waals surface area contributed by atoms with E-state index >= 15 is 0 Å². The summed E-state index contributed by atoms with van der Waals surface area (Å²) in [5.74, 6) is 0. The molecule has 2 heterocycles. The number of benzene rings is 2. The van der Waals surface area contributed by atoms with Crippen molar-refractivity contribution >= 4 is 12.6 Å². The van der Waals surface area contributed by atoms with E-state index in [2.05, 4.69) is 80.1 Å². The number of hydrogen-bond donors (Lipinski definition) is 0. The van der Waals surface area contributed by atoms with E-state index in [9.17, 15) is 0 Å². The van der Waals surface area contributed by atoms with Crippen molar-refractivity contribution in [2.45, 2.75) is 38.9 Å². The molecule has 0 unspecified atom stereocenters. The molecule has 0 amide bonds. The lowest BCUT2D eigenvalue weighted by atomic mass is 9.78. The van der Waals surface area contributed by atoms with Gasteiger partial charge in [0.05, 0.1) is 11.2 Å². The molecule has 1 aromatic heterocycles. The van der Waals surface area contributed by atoms with Gasteiger partial charge in [-0.3, -0.25) is 0 Å². The van der Waals surface area contributed by atoms with Crippen LogP contribution in [0.3, 0.4) is 0 Å². The Balaban J connectivity index is 1.66. The molecule has 0 N–H and O–H groups in total. The summed E-state index contributed by atoms with van der Waals surface area (Å²) in [5.41, 5.74) is 4.69. The highest BCUT2D eigenvalue weighted by molar-refractivity contribution is 6.62. The third-order valence-corrected chi connectivity index (χ3v) is 5.50. The minimum Gasteiger partial charge on any atom is -0.399 e. The van der Waals surface area contributed by atoms with Gasteiger partial charge in [0.2, 0.25) is 0 Å². The highest BCUT2D eigenvalue weighted by atomic mass is 16.7. The first-order valence-corrected chi connectivity index (χ1v) is 9.17. The third-order valence-electron chi connectivity index (χ3n) is 5.50. The number of nitrogens with zero attached hydrogens (tertiary/aromatic N) is 2. The topological polar surface area (TPSA) is 44.2 Å². The van der Waals surface area contributed by atoms with E-state index in [0.29, 0.717) is 0 Å². The minimum atomic E-state index is -0.361. The molecule has 0 aliphatic carbocycles. The maximum atomic E-state index is 6.20. The molecule has 0 radical (unpaired) electrons. The monoisotopic (exact) mass is 358 g/mol. The molecule has 136 valence electrons. The van der Waals surface area contributed by atoms with Crippen LogP contribution in [0.1, 0.15) is 27.7 Å². The summed E-state index contributed by atoms with van der Waals surface area (Å²) in [6, 6.07) is 16.7. The summed E-state index contributed by atoms with van der Waals surface area (Å²) in [5, 5.41) is 0. The van der Waals surface area contributed by atoms with Gasteiger partial charge in [-0.1, -0.05) is 42.5 Å². The third kappa shape index (κ3) is 3.40. The molecule has 2 aromatic carbocycles. The lowest BCUT2D eigenvalue weighted by Crippen LogP contribution is -2.41. The van der Waals surface area contributed by atoms with Crippen LogP contribution < -0.4 is 5.46 Å². The fourth-order valence-electron chi connectivity index (χ4n) is 3.17. The molecule has 1 saturated heterocycles. The molecule has 0 saturated carbocycles. The Kier molecular flexibility index (Phi) is 4.37. The van der Waals surface area contributed by atoms with Gasteiger partial charge < -0.3 is 9.31 Å². The van der Waals surface area contributed by atoms with Crippen molar-refractivity contribution in [2.24, 2.45) is 0 Å². The van der Waals surface area contributed by atoms with Crippen LogP contribution >= 0.6 is 0 Å². The average Bonchev–Trinajstić information content (AvgIpc) is 2.90. The van der Waals surface area contributed by atoms with Gasteiger partial charge in [-0.25, -0.2) is 9.97 Å². The molecule has 27 heavy (non-hydrogen) atoms. The first-order chi connectivity index (χ1) is 12.9. The second-order valence-electron chi connectivity index (χ2n) is 7.92. The standard InChI is InChI=1S/C22H23BN2O2/c1-21(2)22(3,4)27-23(26-21)20-10-6-9-18(12-20)16-7-5-8-17(11-16)19-13-24-15-25-14-19/h5-15H,1-4H3. The zero-order valence-corrected chi connectivity index (χ0v) is 16.1. The van der Waals surface area contributed by atoms with Crippen LogP contribution in [-0.2, 0) is 9.31 Å². The molecule has 0 atom stereocenters. The minimum absolute atomic E-state index is 0.346. The summed E-state index contributed by atoms with van der Waals surface area (Å²) in [6.45, 7) is 8.29. The van der Waals surface area contributed by atoms with Gasteiger partial charge >= 0.3 is 7.12 Å². The van der Waals surface area contributed by atoms with Crippen molar-refractivity contribution in [1.82, 2.24) is 9.97 Å². The quantitative estimate of drug-likeness (QED) is 0.661. The summed E-state index contributed by atoms with van der Waals surface area (Å²) >= 11 is 0. The summed E-state index contributed by atoms with van der Waals surface area (Å²) in [7, 11) is -0.361. The van der Waals surface area contributed by atoms with Gasteiger partial charge in [0, 0.05) is 18.0 Å². The molecule has 4 nitrogen and oxygen atoms in total. The van der Waals surface area contributed by atoms with Crippen LogP contribution in [0.5, 0.6) is 0 Å². The van der Waals surface area contributed by atoms with Crippen molar-refractivity contribution in [3.8, 4) is 22.3 Å². The Bertz CT molecular complexity index is 941. The van der Waals surface area contributed by atoms with Gasteiger partial charge in [0.25, 0.3) is 0 Å². The van der Waals surface area contributed by atoms with Crippen molar-refractivity contribution in [2.75, 3.05) is 0 Å². The molecular formula is C22H23BN2O2. The molecule has 0 bridgehead atoms. The van der Waals surface area contributed by atoms with Gasteiger partial charge in [0.1, 0.15) is 6.33 Å². The Labute approximate surface area is 160 Å².